The lowest BCUT2D eigenvalue weighted by Gasteiger charge is -2.34. The van der Waals surface area contributed by atoms with Crippen molar-refractivity contribution in [3.8, 4) is 0 Å². The van der Waals surface area contributed by atoms with E-state index in [0.29, 0.717) is 38.5 Å². The largest absolute Gasteiger partial charge is 0.459 e. The minimum atomic E-state index is -0.152. The molecule has 7 nitrogen and oxygen atoms in total. The summed E-state index contributed by atoms with van der Waals surface area (Å²) in [6.45, 7) is 5.84. The number of hydrogen-bond acceptors (Lipinski definition) is 4. The van der Waals surface area contributed by atoms with Gasteiger partial charge in [-0.05, 0) is 36.2 Å². The van der Waals surface area contributed by atoms with E-state index in [0.717, 1.165) is 12.1 Å². The van der Waals surface area contributed by atoms with Gasteiger partial charge in [-0.3, -0.25) is 14.4 Å². The third-order valence-electron chi connectivity index (χ3n) is 5.24. The Morgan fingerprint density at radius 2 is 1.66 bits per heavy atom. The van der Waals surface area contributed by atoms with E-state index in [1.54, 1.807) is 26.8 Å². The van der Waals surface area contributed by atoms with Crippen LogP contribution in [0.25, 0.3) is 0 Å². The molecule has 0 bridgehead atoms. The number of benzene rings is 1. The Bertz CT molecular complexity index is 837. The van der Waals surface area contributed by atoms with Crippen molar-refractivity contribution in [3.05, 3.63) is 54.0 Å². The molecule has 1 aliphatic rings. The summed E-state index contributed by atoms with van der Waals surface area (Å²) >= 11 is 0. The maximum Gasteiger partial charge on any atom is 0.289 e. The average Bonchev–Trinajstić information content (AvgIpc) is 3.28. The first kappa shape index (κ1) is 20.6. The van der Waals surface area contributed by atoms with E-state index in [1.165, 1.54) is 18.8 Å². The number of piperazine rings is 1. The normalized spacial score (nSPS) is 14.0. The Balaban J connectivity index is 1.51. The molecule has 0 aliphatic carbocycles. The van der Waals surface area contributed by atoms with Crippen molar-refractivity contribution in [2.75, 3.05) is 37.6 Å². The Kier molecular flexibility index (Phi) is 6.69. The van der Waals surface area contributed by atoms with Gasteiger partial charge in [-0.1, -0.05) is 19.1 Å². The van der Waals surface area contributed by atoms with Crippen molar-refractivity contribution in [3.63, 3.8) is 0 Å². The van der Waals surface area contributed by atoms with Crippen LogP contribution < -0.4 is 4.90 Å². The van der Waals surface area contributed by atoms with Crippen LogP contribution in [0.1, 0.15) is 36.4 Å². The molecule has 1 aromatic heterocycles. The van der Waals surface area contributed by atoms with Crippen LogP contribution in [0.15, 0.2) is 47.1 Å². The van der Waals surface area contributed by atoms with Crippen molar-refractivity contribution >= 4 is 23.4 Å². The fraction of sp³-hybridized carbons (Fsp3) is 0.409. The molecule has 0 saturated carbocycles. The van der Waals surface area contributed by atoms with Crippen molar-refractivity contribution in [2.24, 2.45) is 0 Å². The summed E-state index contributed by atoms with van der Waals surface area (Å²) in [5, 5.41) is 0. The molecule has 0 radical (unpaired) electrons. The van der Waals surface area contributed by atoms with Crippen LogP contribution in [0.2, 0.25) is 0 Å². The summed E-state index contributed by atoms with van der Waals surface area (Å²) in [5.41, 5.74) is 2.01. The molecule has 0 atom stereocenters. The number of carbonyl (C=O) groups excluding carboxylic acids is 3. The highest BCUT2D eigenvalue weighted by atomic mass is 16.3. The van der Waals surface area contributed by atoms with Gasteiger partial charge in [0.15, 0.2) is 5.76 Å². The van der Waals surface area contributed by atoms with Crippen molar-refractivity contribution < 1.29 is 18.8 Å². The van der Waals surface area contributed by atoms with Gasteiger partial charge in [0.1, 0.15) is 0 Å². The highest BCUT2D eigenvalue weighted by molar-refractivity contribution is 5.93. The lowest BCUT2D eigenvalue weighted by atomic mass is 10.1. The highest BCUT2D eigenvalue weighted by Gasteiger charge is 2.26. The van der Waals surface area contributed by atoms with Gasteiger partial charge < -0.3 is 19.1 Å². The molecule has 1 fully saturated rings. The van der Waals surface area contributed by atoms with Gasteiger partial charge in [0.05, 0.1) is 6.26 Å². The molecule has 0 unspecified atom stereocenters. The van der Waals surface area contributed by atoms with Crippen LogP contribution >= 0.6 is 0 Å². The average molecular weight is 397 g/mol. The second kappa shape index (κ2) is 9.41. The first-order valence-corrected chi connectivity index (χ1v) is 9.97. The van der Waals surface area contributed by atoms with Gasteiger partial charge in [-0.25, -0.2) is 0 Å². The first-order valence-electron chi connectivity index (χ1n) is 9.97. The smallest absolute Gasteiger partial charge is 0.289 e. The van der Waals surface area contributed by atoms with Crippen LogP contribution in [0.5, 0.6) is 0 Å². The predicted octanol–water partition coefficient (Wildman–Crippen LogP) is 2.57. The molecule has 0 spiro atoms. The molecule has 2 heterocycles. The molecule has 29 heavy (non-hydrogen) atoms. The van der Waals surface area contributed by atoms with Crippen LogP contribution in [-0.4, -0.2) is 60.2 Å². The zero-order valence-corrected chi connectivity index (χ0v) is 17.0. The molecule has 3 amide bonds. The van der Waals surface area contributed by atoms with Gasteiger partial charge in [0.2, 0.25) is 11.8 Å². The van der Waals surface area contributed by atoms with Crippen molar-refractivity contribution in [1.29, 1.82) is 0 Å². The molecule has 0 N–H and O–H groups in total. The van der Waals surface area contributed by atoms with Gasteiger partial charge in [-0.15, -0.1) is 0 Å². The second-order valence-electron chi connectivity index (χ2n) is 7.09. The third-order valence-corrected chi connectivity index (χ3v) is 5.24. The Morgan fingerprint density at radius 1 is 1.00 bits per heavy atom. The Hall–Kier alpha value is -3.09. The number of furan rings is 1. The topological polar surface area (TPSA) is 74.1 Å². The number of nitrogens with zero attached hydrogens (tertiary/aromatic N) is 3. The predicted molar refractivity (Wildman–Crippen MR) is 110 cm³/mol. The maximum atomic E-state index is 12.6. The highest BCUT2D eigenvalue weighted by Crippen LogP contribution is 2.17. The Morgan fingerprint density at radius 3 is 2.21 bits per heavy atom. The van der Waals surface area contributed by atoms with Gasteiger partial charge in [0, 0.05) is 51.8 Å². The van der Waals surface area contributed by atoms with Crippen LogP contribution in [0.3, 0.4) is 0 Å². The lowest BCUT2D eigenvalue weighted by Crippen LogP contribution is -2.51. The molecular weight excluding hydrogens is 370 g/mol. The van der Waals surface area contributed by atoms with Gasteiger partial charge in [0.25, 0.3) is 5.91 Å². The number of hydrogen-bond donors (Lipinski definition) is 0. The third kappa shape index (κ3) is 5.04. The number of rotatable bonds is 6. The first-order chi connectivity index (χ1) is 14.0. The van der Waals surface area contributed by atoms with E-state index >= 15 is 0 Å². The summed E-state index contributed by atoms with van der Waals surface area (Å²) in [5.74, 6) is 0.0683. The van der Waals surface area contributed by atoms with E-state index in [9.17, 15) is 14.4 Å². The summed E-state index contributed by atoms with van der Waals surface area (Å²) in [7, 11) is 0. The molecular formula is C22H27N3O4. The minimum Gasteiger partial charge on any atom is -0.459 e. The molecule has 3 rings (SSSR count). The summed E-state index contributed by atoms with van der Waals surface area (Å²) in [6, 6.07) is 11.2. The van der Waals surface area contributed by atoms with Crippen molar-refractivity contribution in [2.45, 2.75) is 26.7 Å². The van der Waals surface area contributed by atoms with Gasteiger partial charge in [-0.2, -0.15) is 0 Å². The summed E-state index contributed by atoms with van der Waals surface area (Å²) < 4.78 is 5.16. The van der Waals surface area contributed by atoms with E-state index < -0.39 is 0 Å². The van der Waals surface area contributed by atoms with E-state index in [-0.39, 0.29) is 24.1 Å². The van der Waals surface area contributed by atoms with E-state index in [2.05, 4.69) is 6.92 Å². The standard InChI is InChI=1S/C22H27N3O4/c1-3-18-6-8-19(9-7-18)25(17(2)26)11-10-21(27)23-12-14-24(15-13-23)22(28)20-5-4-16-29-20/h4-9,16H,3,10-15H2,1-2H3. The molecule has 1 saturated heterocycles. The van der Waals surface area contributed by atoms with Crippen LogP contribution in [0, 0.1) is 0 Å². The monoisotopic (exact) mass is 397 g/mol. The van der Waals surface area contributed by atoms with E-state index in [4.69, 9.17) is 4.42 Å². The zero-order valence-electron chi connectivity index (χ0n) is 17.0. The number of aryl methyl sites for hydroxylation is 1. The number of carbonyl (C=O) groups is 3. The maximum absolute atomic E-state index is 12.6. The number of anilines is 1. The second-order valence-corrected chi connectivity index (χ2v) is 7.09. The number of amides is 3. The molecule has 2 aromatic rings. The fourth-order valence-corrected chi connectivity index (χ4v) is 3.46. The lowest BCUT2D eigenvalue weighted by molar-refractivity contribution is -0.132. The molecule has 7 heteroatoms. The SMILES string of the molecule is CCc1ccc(N(CCC(=O)N2CCN(C(=O)c3ccco3)CC2)C(C)=O)cc1. The summed E-state index contributed by atoms with van der Waals surface area (Å²) in [4.78, 5) is 42.1. The molecule has 1 aliphatic heterocycles. The van der Waals surface area contributed by atoms with Crippen LogP contribution in [-0.2, 0) is 16.0 Å². The fourth-order valence-electron chi connectivity index (χ4n) is 3.46. The van der Waals surface area contributed by atoms with Crippen molar-refractivity contribution in [1.82, 2.24) is 9.80 Å². The minimum absolute atomic E-state index is 0.00785. The van der Waals surface area contributed by atoms with Gasteiger partial charge >= 0.3 is 0 Å². The van der Waals surface area contributed by atoms with Crippen LogP contribution in [0.4, 0.5) is 5.69 Å². The Labute approximate surface area is 170 Å². The zero-order chi connectivity index (χ0) is 20.8. The molecule has 154 valence electrons. The quantitative estimate of drug-likeness (QED) is 0.751. The molecule has 1 aromatic carbocycles. The van der Waals surface area contributed by atoms with E-state index in [1.807, 2.05) is 24.3 Å². The summed E-state index contributed by atoms with van der Waals surface area (Å²) in [6.07, 6.45) is 2.66.